The predicted octanol–water partition coefficient (Wildman–Crippen LogP) is 1.11. The number of carboxylic acid groups (broad SMARTS) is 1. The molecule has 0 unspecified atom stereocenters. The molecule has 0 aromatic carbocycles. The monoisotopic (exact) mass is 509 g/mol. The number of nitrogen functional groups attached to an aromatic ring is 2. The molecule has 4 rings (SSSR count). The Hall–Kier alpha value is -3.36. The van der Waals surface area contributed by atoms with E-state index in [9.17, 15) is 24.7 Å². The van der Waals surface area contributed by atoms with Gasteiger partial charge in [-0.25, -0.2) is 14.8 Å². The maximum absolute atomic E-state index is 12.8. The standard InChI is InChI=1S/C18H16ClN7O5S2/c19-13-10(24-18(21)33-13)11(25-31)15(27)23-9-6-3-4-7(12(17(29)30)26(6)16(9)28)32-8-2-1-5-22-14(8)20/h1-2,5-6,9,31H,3-4H2,(H2,20,22)(H2,21,24)(H,23,27)(H,29,30)/t6-,9+/m1/s1. The first-order valence-electron chi connectivity index (χ1n) is 9.35. The minimum absolute atomic E-state index is 0.0436. The summed E-state index contributed by atoms with van der Waals surface area (Å²) in [6, 6.07) is 1.79. The van der Waals surface area contributed by atoms with Crippen LogP contribution in [-0.2, 0) is 14.4 Å². The van der Waals surface area contributed by atoms with Crippen molar-refractivity contribution in [3.8, 4) is 0 Å². The summed E-state index contributed by atoms with van der Waals surface area (Å²) >= 11 is 8.01. The molecule has 1 fully saturated rings. The van der Waals surface area contributed by atoms with Crippen molar-refractivity contribution in [2.24, 2.45) is 5.16 Å². The van der Waals surface area contributed by atoms with Gasteiger partial charge < -0.3 is 27.1 Å². The summed E-state index contributed by atoms with van der Waals surface area (Å²) < 4.78 is 0.0436. The second-order valence-electron chi connectivity index (χ2n) is 6.95. The van der Waals surface area contributed by atoms with Crippen molar-refractivity contribution >= 4 is 69.1 Å². The molecule has 33 heavy (non-hydrogen) atoms. The third-order valence-electron chi connectivity index (χ3n) is 5.06. The van der Waals surface area contributed by atoms with Crippen LogP contribution in [-0.4, -0.2) is 60.8 Å². The topological polar surface area (TPSA) is 197 Å². The Kier molecular flexibility index (Phi) is 6.14. The summed E-state index contributed by atoms with van der Waals surface area (Å²) in [4.78, 5) is 47.5. The maximum atomic E-state index is 12.8. The molecule has 4 heterocycles. The average molecular weight is 510 g/mol. The molecule has 0 spiro atoms. The Bertz CT molecular complexity index is 1230. The third kappa shape index (κ3) is 4.07. The molecular weight excluding hydrogens is 494 g/mol. The van der Waals surface area contributed by atoms with Crippen molar-refractivity contribution in [3.63, 3.8) is 0 Å². The lowest BCUT2D eigenvalue weighted by Gasteiger charge is -2.50. The number of carboxylic acids is 1. The van der Waals surface area contributed by atoms with Crippen LogP contribution in [0.3, 0.4) is 0 Å². The Labute approximate surface area is 199 Å². The van der Waals surface area contributed by atoms with Gasteiger partial charge in [0.1, 0.15) is 27.6 Å². The van der Waals surface area contributed by atoms with Crippen molar-refractivity contribution in [1.82, 2.24) is 20.2 Å². The molecule has 1 saturated heterocycles. The molecule has 2 aromatic rings. The summed E-state index contributed by atoms with van der Waals surface area (Å²) in [5, 5.41) is 24.6. The van der Waals surface area contributed by atoms with E-state index in [-0.39, 0.29) is 26.7 Å². The zero-order valence-electron chi connectivity index (χ0n) is 16.6. The number of fused-ring (bicyclic) bond motifs is 1. The van der Waals surface area contributed by atoms with Crippen molar-refractivity contribution in [3.05, 3.63) is 39.0 Å². The van der Waals surface area contributed by atoms with Crippen LogP contribution < -0.4 is 16.8 Å². The molecule has 2 aliphatic heterocycles. The third-order valence-corrected chi connectivity index (χ3v) is 7.35. The predicted molar refractivity (Wildman–Crippen MR) is 121 cm³/mol. The van der Waals surface area contributed by atoms with Gasteiger partial charge in [-0.1, -0.05) is 39.9 Å². The highest BCUT2D eigenvalue weighted by Crippen LogP contribution is 2.44. The van der Waals surface area contributed by atoms with Gasteiger partial charge in [0, 0.05) is 11.1 Å². The Morgan fingerprint density at radius 2 is 2.15 bits per heavy atom. The van der Waals surface area contributed by atoms with E-state index in [2.05, 4.69) is 20.4 Å². The first-order chi connectivity index (χ1) is 15.7. The number of rotatable bonds is 6. The van der Waals surface area contributed by atoms with Gasteiger partial charge in [0.2, 0.25) is 0 Å². The molecule has 2 aliphatic rings. The lowest BCUT2D eigenvalue weighted by Crippen LogP contribution is -2.72. The van der Waals surface area contributed by atoms with Crippen LogP contribution >= 0.6 is 34.7 Å². The number of hydrogen-bond donors (Lipinski definition) is 5. The van der Waals surface area contributed by atoms with Gasteiger partial charge in [-0.05, 0) is 25.0 Å². The Morgan fingerprint density at radius 1 is 1.39 bits per heavy atom. The zero-order valence-corrected chi connectivity index (χ0v) is 18.9. The number of nitrogens with two attached hydrogens (primary N) is 2. The number of anilines is 2. The number of aliphatic carboxylic acids is 1. The number of thioether (sulfide) groups is 1. The fourth-order valence-electron chi connectivity index (χ4n) is 3.62. The van der Waals surface area contributed by atoms with Crippen LogP contribution in [0.15, 0.2) is 39.0 Å². The fourth-order valence-corrected chi connectivity index (χ4v) is 5.62. The van der Waals surface area contributed by atoms with E-state index in [0.717, 1.165) is 28.0 Å². The summed E-state index contributed by atoms with van der Waals surface area (Å²) in [5.41, 5.74) is 10.6. The second-order valence-corrected chi connectivity index (χ2v) is 9.72. The number of β-lactam (4-membered cyclic amide) rings is 1. The van der Waals surface area contributed by atoms with E-state index in [0.29, 0.717) is 22.6 Å². The van der Waals surface area contributed by atoms with Gasteiger partial charge in [-0.2, -0.15) is 0 Å². The normalized spacial score (nSPS) is 20.3. The van der Waals surface area contributed by atoms with Crippen molar-refractivity contribution < 1.29 is 24.7 Å². The number of halogens is 1. The highest BCUT2D eigenvalue weighted by molar-refractivity contribution is 8.03. The number of allylic oxidation sites excluding steroid dienone is 1. The van der Waals surface area contributed by atoms with Gasteiger partial charge in [-0.15, -0.1) is 0 Å². The van der Waals surface area contributed by atoms with Crippen LogP contribution in [0.1, 0.15) is 18.5 Å². The van der Waals surface area contributed by atoms with Crippen LogP contribution in [0.4, 0.5) is 10.9 Å². The van der Waals surface area contributed by atoms with Crippen LogP contribution in [0.2, 0.25) is 4.34 Å². The number of nitrogens with one attached hydrogen (secondary N) is 1. The molecule has 0 bridgehead atoms. The number of nitrogens with zero attached hydrogens (tertiary/aromatic N) is 4. The summed E-state index contributed by atoms with van der Waals surface area (Å²) in [6.45, 7) is 0. The molecule has 7 N–H and O–H groups in total. The van der Waals surface area contributed by atoms with E-state index < -0.39 is 35.6 Å². The van der Waals surface area contributed by atoms with Crippen molar-refractivity contribution in [2.75, 3.05) is 11.5 Å². The average Bonchev–Trinajstić information content (AvgIpc) is 3.11. The van der Waals surface area contributed by atoms with E-state index in [1.165, 1.54) is 6.20 Å². The minimum Gasteiger partial charge on any atom is -0.477 e. The molecule has 172 valence electrons. The van der Waals surface area contributed by atoms with Gasteiger partial charge in [-0.3, -0.25) is 14.5 Å². The number of thiazole rings is 1. The molecule has 0 radical (unpaired) electrons. The van der Waals surface area contributed by atoms with E-state index >= 15 is 0 Å². The highest BCUT2D eigenvalue weighted by Gasteiger charge is 2.54. The van der Waals surface area contributed by atoms with Gasteiger partial charge in [0.15, 0.2) is 10.8 Å². The zero-order chi connectivity index (χ0) is 23.9. The lowest BCUT2D eigenvalue weighted by atomic mass is 9.86. The van der Waals surface area contributed by atoms with Gasteiger partial charge in [0.05, 0.1) is 10.9 Å². The molecule has 15 heteroatoms. The number of oxime groups is 1. The quantitative estimate of drug-likeness (QED) is 0.163. The fraction of sp³-hybridized carbons (Fsp3) is 0.222. The number of carbonyl (C=O) groups is 3. The van der Waals surface area contributed by atoms with Crippen LogP contribution in [0.5, 0.6) is 0 Å². The molecule has 0 saturated carbocycles. The van der Waals surface area contributed by atoms with E-state index in [1.807, 2.05) is 0 Å². The largest absolute Gasteiger partial charge is 0.477 e. The van der Waals surface area contributed by atoms with Crippen LogP contribution in [0, 0.1) is 0 Å². The Morgan fingerprint density at radius 3 is 2.76 bits per heavy atom. The molecule has 0 aliphatic carbocycles. The first-order valence-corrected chi connectivity index (χ1v) is 11.4. The number of hydrogen-bond acceptors (Lipinski definition) is 11. The summed E-state index contributed by atoms with van der Waals surface area (Å²) in [7, 11) is 0. The Balaban J connectivity index is 1.55. The van der Waals surface area contributed by atoms with Crippen molar-refractivity contribution in [2.45, 2.75) is 29.8 Å². The molecular formula is C18H16ClN7O5S2. The molecule has 2 amide bonds. The maximum Gasteiger partial charge on any atom is 0.353 e. The second kappa shape index (κ2) is 8.88. The number of pyridine rings is 1. The van der Waals surface area contributed by atoms with Gasteiger partial charge in [0.25, 0.3) is 11.8 Å². The van der Waals surface area contributed by atoms with E-state index in [4.69, 9.17) is 23.1 Å². The minimum atomic E-state index is -1.27. The van der Waals surface area contributed by atoms with Crippen molar-refractivity contribution in [1.29, 1.82) is 0 Å². The molecule has 2 aromatic heterocycles. The van der Waals surface area contributed by atoms with Crippen LogP contribution in [0.25, 0.3) is 0 Å². The van der Waals surface area contributed by atoms with Gasteiger partial charge >= 0.3 is 5.97 Å². The number of aromatic nitrogens is 2. The summed E-state index contributed by atoms with van der Waals surface area (Å²) in [6.07, 6.45) is 2.26. The highest BCUT2D eigenvalue weighted by atomic mass is 35.5. The number of carbonyl (C=O) groups excluding carboxylic acids is 2. The molecule has 2 atom stereocenters. The first kappa shape index (κ1) is 22.8. The SMILES string of the molecule is Nc1nc(C(=NO)C(=O)N[C@@H]2C(=O)N3C(C(=O)O)=C(Sc4cccnc4N)CC[C@H]23)c(Cl)s1. The number of amides is 2. The van der Waals surface area contributed by atoms with E-state index in [1.54, 1.807) is 12.1 Å². The smallest absolute Gasteiger partial charge is 0.353 e. The molecule has 12 nitrogen and oxygen atoms in total. The summed E-state index contributed by atoms with van der Waals surface area (Å²) in [5.74, 6) is -2.53. The lowest BCUT2D eigenvalue weighted by molar-refractivity contribution is -0.155.